The van der Waals surface area contributed by atoms with E-state index in [0.717, 1.165) is 11.8 Å². The normalized spacial score (nSPS) is 14.6. The molecule has 1 aliphatic rings. The molecule has 0 radical (unpaired) electrons. The monoisotopic (exact) mass is 263 g/mol. The topological polar surface area (TPSA) is 80.8 Å². The summed E-state index contributed by atoms with van der Waals surface area (Å²) in [5.41, 5.74) is 0.974. The van der Waals surface area contributed by atoms with Gasteiger partial charge < -0.3 is 9.63 Å². The second-order valence-electron chi connectivity index (χ2n) is 4.03. The SMILES string of the molecule is O=[14CH]Cc1ccc(C(=O)ON2C(=O)CCC2=O)cc1. The van der Waals surface area contributed by atoms with Crippen molar-refractivity contribution in [1.29, 1.82) is 0 Å². The van der Waals surface area contributed by atoms with E-state index in [0.29, 0.717) is 5.06 Å². The van der Waals surface area contributed by atoms with E-state index in [4.69, 9.17) is 4.84 Å². The largest absolute Gasteiger partial charge is 0.363 e. The highest BCUT2D eigenvalue weighted by atomic mass is 16.7. The van der Waals surface area contributed by atoms with Gasteiger partial charge in [-0.25, -0.2) is 4.79 Å². The van der Waals surface area contributed by atoms with Crippen molar-refractivity contribution in [1.82, 2.24) is 5.06 Å². The molecule has 1 saturated heterocycles. The Hall–Kier alpha value is -2.50. The number of amides is 2. The van der Waals surface area contributed by atoms with Crippen molar-refractivity contribution in [3.8, 4) is 0 Å². The third-order valence-electron chi connectivity index (χ3n) is 2.69. The number of hydrogen-bond acceptors (Lipinski definition) is 5. The maximum atomic E-state index is 11.7. The first-order valence-electron chi connectivity index (χ1n) is 5.72. The second kappa shape index (κ2) is 5.43. The number of rotatable bonds is 4. The summed E-state index contributed by atoms with van der Waals surface area (Å²) in [7, 11) is 0. The van der Waals surface area contributed by atoms with Gasteiger partial charge in [-0.2, -0.15) is 0 Å². The fourth-order valence-electron chi connectivity index (χ4n) is 1.67. The molecule has 1 aromatic rings. The second-order valence-corrected chi connectivity index (χ2v) is 4.03. The van der Waals surface area contributed by atoms with Crippen LogP contribution in [-0.2, 0) is 25.6 Å². The van der Waals surface area contributed by atoms with Crippen molar-refractivity contribution < 1.29 is 24.0 Å². The number of aldehydes is 1. The Morgan fingerprint density at radius 1 is 1.16 bits per heavy atom. The van der Waals surface area contributed by atoms with Gasteiger partial charge in [0, 0.05) is 19.3 Å². The van der Waals surface area contributed by atoms with Crippen LogP contribution in [-0.4, -0.2) is 29.1 Å². The van der Waals surface area contributed by atoms with Crippen LogP contribution in [0.25, 0.3) is 0 Å². The summed E-state index contributed by atoms with van der Waals surface area (Å²) in [4.78, 5) is 49.4. The lowest BCUT2D eigenvalue weighted by molar-refractivity contribution is -0.172. The minimum atomic E-state index is -0.777. The zero-order valence-corrected chi connectivity index (χ0v) is 10.00. The minimum absolute atomic E-state index is 0.0599. The first kappa shape index (κ1) is 12.9. The molecular weight excluding hydrogens is 252 g/mol. The van der Waals surface area contributed by atoms with E-state index in [1.807, 2.05) is 0 Å². The maximum absolute atomic E-state index is 11.7. The lowest BCUT2D eigenvalue weighted by atomic mass is 10.1. The molecule has 6 heteroatoms. The Balaban J connectivity index is 2.05. The molecule has 98 valence electrons. The molecule has 2 rings (SSSR count). The van der Waals surface area contributed by atoms with Crippen LogP contribution in [0.4, 0.5) is 0 Å². The van der Waals surface area contributed by atoms with Crippen LogP contribution in [0.2, 0.25) is 0 Å². The Kier molecular flexibility index (Phi) is 3.70. The number of carbonyl (C=O) groups excluding carboxylic acids is 4. The standard InChI is InChI=1S/C13H11NO5/c15-8-7-9-1-3-10(4-2-9)13(18)19-14-11(16)5-6-12(14)17/h1-4,8H,5-7H2/i8+2. The van der Waals surface area contributed by atoms with Gasteiger partial charge in [0.1, 0.15) is 6.29 Å². The van der Waals surface area contributed by atoms with Crippen molar-refractivity contribution >= 4 is 24.1 Å². The average Bonchev–Trinajstić information content (AvgIpc) is 2.72. The van der Waals surface area contributed by atoms with Crippen molar-refractivity contribution in [2.45, 2.75) is 19.3 Å². The summed E-state index contributed by atoms with van der Waals surface area (Å²) in [5.74, 6) is -1.81. The van der Waals surface area contributed by atoms with Crippen LogP contribution in [0.1, 0.15) is 28.8 Å². The van der Waals surface area contributed by atoms with E-state index in [1.165, 1.54) is 12.1 Å². The Morgan fingerprint density at radius 2 is 1.74 bits per heavy atom. The predicted molar refractivity (Wildman–Crippen MR) is 62.7 cm³/mol. The van der Waals surface area contributed by atoms with Gasteiger partial charge in [-0.15, -0.1) is 5.06 Å². The molecule has 1 fully saturated rings. The number of nitrogens with zero attached hydrogens (tertiary/aromatic N) is 1. The zero-order chi connectivity index (χ0) is 13.8. The van der Waals surface area contributed by atoms with Crippen molar-refractivity contribution in [2.75, 3.05) is 0 Å². The molecule has 0 atom stereocenters. The molecule has 0 N–H and O–H groups in total. The molecule has 2 amide bonds. The molecule has 1 aromatic carbocycles. The molecule has 0 aliphatic carbocycles. The molecule has 0 spiro atoms. The molecule has 19 heavy (non-hydrogen) atoms. The molecule has 0 unspecified atom stereocenters. The summed E-state index contributed by atoms with van der Waals surface area (Å²) in [6, 6.07) is 6.18. The Labute approximate surface area is 108 Å². The summed E-state index contributed by atoms with van der Waals surface area (Å²) in [5, 5.41) is 0.502. The van der Waals surface area contributed by atoms with Gasteiger partial charge in [-0.3, -0.25) is 9.59 Å². The zero-order valence-electron chi connectivity index (χ0n) is 10.00. The molecule has 0 aromatic heterocycles. The molecular formula is C13H11NO5. The fourth-order valence-corrected chi connectivity index (χ4v) is 1.67. The van der Waals surface area contributed by atoms with Gasteiger partial charge in [-0.1, -0.05) is 12.1 Å². The van der Waals surface area contributed by atoms with E-state index >= 15 is 0 Å². The van der Waals surface area contributed by atoms with Gasteiger partial charge in [0.05, 0.1) is 5.56 Å². The third-order valence-corrected chi connectivity index (χ3v) is 2.69. The Bertz CT molecular complexity index is 518. The first-order valence-corrected chi connectivity index (χ1v) is 5.72. The van der Waals surface area contributed by atoms with Crippen LogP contribution in [0.5, 0.6) is 0 Å². The van der Waals surface area contributed by atoms with E-state index in [-0.39, 0.29) is 24.8 Å². The minimum Gasteiger partial charge on any atom is -0.325 e. The molecule has 6 nitrogen and oxygen atoms in total. The quantitative estimate of drug-likeness (QED) is 0.588. The van der Waals surface area contributed by atoms with Crippen molar-refractivity contribution in [2.24, 2.45) is 0 Å². The number of carbonyl (C=O) groups is 4. The summed E-state index contributed by atoms with van der Waals surface area (Å²) < 4.78 is 0. The van der Waals surface area contributed by atoms with E-state index in [1.54, 1.807) is 12.1 Å². The number of hydroxylamine groups is 2. The third kappa shape index (κ3) is 2.85. The van der Waals surface area contributed by atoms with Crippen LogP contribution in [0.3, 0.4) is 0 Å². The van der Waals surface area contributed by atoms with Crippen LogP contribution in [0.15, 0.2) is 24.3 Å². The number of benzene rings is 1. The first-order chi connectivity index (χ1) is 9.11. The van der Waals surface area contributed by atoms with Gasteiger partial charge in [0.25, 0.3) is 11.8 Å². The molecule has 1 heterocycles. The lowest BCUT2D eigenvalue weighted by Crippen LogP contribution is -2.32. The van der Waals surface area contributed by atoms with Crippen LogP contribution in [0, 0.1) is 0 Å². The van der Waals surface area contributed by atoms with E-state index < -0.39 is 17.8 Å². The highest BCUT2D eigenvalue weighted by molar-refractivity contribution is 6.02. The van der Waals surface area contributed by atoms with E-state index in [9.17, 15) is 19.2 Å². The number of hydrogen-bond donors (Lipinski definition) is 0. The van der Waals surface area contributed by atoms with Gasteiger partial charge >= 0.3 is 5.97 Å². The van der Waals surface area contributed by atoms with Gasteiger partial charge in [-0.05, 0) is 17.7 Å². The number of imide groups is 1. The maximum Gasteiger partial charge on any atom is 0.363 e. The smallest absolute Gasteiger partial charge is 0.325 e. The van der Waals surface area contributed by atoms with Crippen molar-refractivity contribution in [3.63, 3.8) is 0 Å². The highest BCUT2D eigenvalue weighted by Crippen LogP contribution is 2.14. The van der Waals surface area contributed by atoms with Crippen LogP contribution >= 0.6 is 0 Å². The van der Waals surface area contributed by atoms with Gasteiger partial charge in [0.15, 0.2) is 0 Å². The summed E-state index contributed by atoms with van der Waals surface area (Å²) in [6.07, 6.45) is 1.14. The summed E-state index contributed by atoms with van der Waals surface area (Å²) in [6.45, 7) is 0. The summed E-state index contributed by atoms with van der Waals surface area (Å²) >= 11 is 0. The molecule has 1 aliphatic heterocycles. The lowest BCUT2D eigenvalue weighted by Gasteiger charge is -2.12. The molecule has 0 bridgehead atoms. The Morgan fingerprint density at radius 3 is 2.26 bits per heavy atom. The average molecular weight is 263 g/mol. The predicted octanol–water partition coefficient (Wildman–Crippen LogP) is 0.649. The highest BCUT2D eigenvalue weighted by Gasteiger charge is 2.33. The van der Waals surface area contributed by atoms with E-state index in [2.05, 4.69) is 0 Å². The van der Waals surface area contributed by atoms with Crippen molar-refractivity contribution in [3.05, 3.63) is 35.4 Å². The van der Waals surface area contributed by atoms with Crippen LogP contribution < -0.4 is 0 Å². The molecule has 0 saturated carbocycles. The van der Waals surface area contributed by atoms with Gasteiger partial charge in [0.2, 0.25) is 0 Å². The fraction of sp³-hybridized carbons (Fsp3) is 0.231.